The molecule has 32 heavy (non-hydrogen) atoms. The van der Waals surface area contributed by atoms with Crippen molar-refractivity contribution in [3.63, 3.8) is 0 Å². The smallest absolute Gasteiger partial charge is 0.0958 e. The summed E-state index contributed by atoms with van der Waals surface area (Å²) in [5.41, 5.74) is 1.10. The van der Waals surface area contributed by atoms with Gasteiger partial charge in [0, 0.05) is 11.3 Å². The predicted molar refractivity (Wildman–Crippen MR) is 130 cm³/mol. The van der Waals surface area contributed by atoms with Crippen molar-refractivity contribution in [1.29, 1.82) is 0 Å². The van der Waals surface area contributed by atoms with Gasteiger partial charge in [0.15, 0.2) is 0 Å². The summed E-state index contributed by atoms with van der Waals surface area (Å²) in [5, 5.41) is 10.9. The maximum atomic E-state index is 10.9. The van der Waals surface area contributed by atoms with Crippen LogP contribution in [0.3, 0.4) is 0 Å². The lowest BCUT2D eigenvalue weighted by molar-refractivity contribution is -0.246. The Morgan fingerprint density at radius 1 is 0.875 bits per heavy atom. The quantitative estimate of drug-likeness (QED) is 0.410. The minimum Gasteiger partial charge on any atom is -0.393 e. The Hall–Kier alpha value is -0.340. The lowest BCUT2D eigenvalue weighted by Crippen LogP contribution is -2.71. The average Bonchev–Trinajstić information content (AvgIpc) is 3.00. The largest absolute Gasteiger partial charge is 0.393 e. The number of aliphatic hydroxyl groups excluding tert-OH is 1. The number of aliphatic hydroxyl groups is 1. The third-order valence-electron chi connectivity index (χ3n) is 13.9. The van der Waals surface area contributed by atoms with Gasteiger partial charge in [-0.3, -0.25) is 0 Å². The second-order valence-electron chi connectivity index (χ2n) is 14.9. The molecule has 4 saturated carbocycles. The Balaban J connectivity index is 1.49. The van der Waals surface area contributed by atoms with E-state index in [1.165, 1.54) is 38.5 Å². The van der Waals surface area contributed by atoms with E-state index in [2.05, 4.69) is 60.6 Å². The molecule has 0 aromatic heterocycles. The van der Waals surface area contributed by atoms with Crippen molar-refractivity contribution < 1.29 is 9.84 Å². The lowest BCUT2D eigenvalue weighted by atomic mass is 9.32. The molecule has 180 valence electrons. The minimum absolute atomic E-state index is 0.0110. The van der Waals surface area contributed by atoms with E-state index in [1.807, 2.05) is 0 Å². The molecule has 11 atom stereocenters. The molecule has 0 aromatic rings. The van der Waals surface area contributed by atoms with E-state index in [9.17, 15) is 5.11 Å². The third-order valence-corrected chi connectivity index (χ3v) is 13.9. The lowest BCUT2D eigenvalue weighted by Gasteiger charge is -2.73. The van der Waals surface area contributed by atoms with Crippen LogP contribution in [0.1, 0.15) is 99.8 Å². The van der Waals surface area contributed by atoms with Crippen LogP contribution in [0, 0.1) is 56.7 Å². The second kappa shape index (κ2) is 6.26. The fourth-order valence-corrected chi connectivity index (χ4v) is 11.6. The number of fused-ring (bicyclic) bond motifs is 4. The Labute approximate surface area is 197 Å². The summed E-state index contributed by atoms with van der Waals surface area (Å²) in [6.45, 7) is 18.6. The van der Waals surface area contributed by atoms with Gasteiger partial charge >= 0.3 is 0 Å². The number of allylic oxidation sites excluding steroid dienone is 1. The van der Waals surface area contributed by atoms with Crippen LogP contribution < -0.4 is 0 Å². The highest BCUT2D eigenvalue weighted by molar-refractivity contribution is 5.35. The van der Waals surface area contributed by atoms with E-state index >= 15 is 0 Å². The molecule has 1 spiro atoms. The Morgan fingerprint density at radius 2 is 1.62 bits per heavy atom. The molecule has 1 heterocycles. The van der Waals surface area contributed by atoms with Crippen molar-refractivity contribution >= 4 is 0 Å². The molecule has 1 aliphatic heterocycles. The van der Waals surface area contributed by atoms with Crippen LogP contribution >= 0.6 is 0 Å². The van der Waals surface area contributed by atoms with Gasteiger partial charge in [0.05, 0.1) is 18.3 Å². The Morgan fingerprint density at radius 3 is 2.38 bits per heavy atom. The van der Waals surface area contributed by atoms with Crippen molar-refractivity contribution in [3.8, 4) is 0 Å². The monoisotopic (exact) mass is 440 g/mol. The molecule has 5 aliphatic carbocycles. The van der Waals surface area contributed by atoms with E-state index in [0.29, 0.717) is 23.2 Å². The zero-order valence-electron chi connectivity index (χ0n) is 21.8. The third kappa shape index (κ3) is 2.18. The van der Waals surface area contributed by atoms with Crippen LogP contribution in [0.2, 0.25) is 0 Å². The van der Waals surface area contributed by atoms with Gasteiger partial charge in [0.1, 0.15) is 0 Å². The average molecular weight is 441 g/mol. The fourth-order valence-electron chi connectivity index (χ4n) is 11.6. The van der Waals surface area contributed by atoms with Gasteiger partial charge in [-0.25, -0.2) is 0 Å². The molecule has 6 aliphatic rings. The molecule has 2 heteroatoms. The van der Waals surface area contributed by atoms with Crippen LogP contribution in [-0.2, 0) is 4.74 Å². The summed E-state index contributed by atoms with van der Waals surface area (Å²) in [4.78, 5) is 0. The molecule has 0 aromatic carbocycles. The number of hydrogen-bond acceptors (Lipinski definition) is 2. The van der Waals surface area contributed by atoms with E-state index < -0.39 is 0 Å². The van der Waals surface area contributed by atoms with E-state index in [4.69, 9.17) is 4.74 Å². The summed E-state index contributed by atoms with van der Waals surface area (Å²) in [6, 6.07) is 0. The second-order valence-corrected chi connectivity index (χ2v) is 14.9. The van der Waals surface area contributed by atoms with Crippen LogP contribution in [0.5, 0.6) is 0 Å². The molecule has 0 radical (unpaired) electrons. The number of rotatable bonds is 0. The first kappa shape index (κ1) is 22.1. The molecule has 2 bridgehead atoms. The Bertz CT molecular complexity index is 846. The van der Waals surface area contributed by atoms with Crippen molar-refractivity contribution in [2.75, 3.05) is 6.61 Å². The molecular weight excluding hydrogens is 392 g/mol. The van der Waals surface area contributed by atoms with Gasteiger partial charge in [-0.05, 0) is 96.7 Å². The fraction of sp³-hybridized carbons (Fsp3) is 0.933. The van der Waals surface area contributed by atoms with E-state index in [0.717, 1.165) is 31.3 Å². The predicted octanol–water partition coefficient (Wildman–Crippen LogP) is 7.01. The highest BCUT2D eigenvalue weighted by atomic mass is 16.5. The summed E-state index contributed by atoms with van der Waals surface area (Å²) in [7, 11) is 0. The summed E-state index contributed by atoms with van der Waals surface area (Å²) in [6.07, 6.45) is 15.3. The molecule has 6 rings (SSSR count). The standard InChI is InChI=1S/C30H48O2/c1-19-8-14-29-17-16-28(7)27(6)13-9-21-25(3,4)23(31)11-12-26(21,5)22(27)10-15-30(28,32-18-29)24(29)20(19)2/h10,15,19-24,31H,8-9,11-14,16-18H2,1-7H3/t19-,20+,21+,22-,23-,24-,26+,27-,28+,29-,30+/m1/s1. The summed E-state index contributed by atoms with van der Waals surface area (Å²) >= 11 is 0. The van der Waals surface area contributed by atoms with Crippen LogP contribution in [0.25, 0.3) is 0 Å². The molecule has 0 unspecified atom stereocenters. The van der Waals surface area contributed by atoms with Gasteiger partial charge in [-0.15, -0.1) is 0 Å². The van der Waals surface area contributed by atoms with Gasteiger partial charge in [-0.1, -0.05) is 60.6 Å². The van der Waals surface area contributed by atoms with E-state index in [1.54, 1.807) is 0 Å². The molecule has 5 fully saturated rings. The molecule has 2 nitrogen and oxygen atoms in total. The Kier molecular flexibility index (Phi) is 4.33. The zero-order valence-corrected chi connectivity index (χ0v) is 21.8. The minimum atomic E-state index is -0.155. The summed E-state index contributed by atoms with van der Waals surface area (Å²) < 4.78 is 7.14. The zero-order chi connectivity index (χ0) is 22.9. The van der Waals surface area contributed by atoms with Crippen molar-refractivity contribution in [1.82, 2.24) is 0 Å². The highest BCUT2D eigenvalue weighted by Gasteiger charge is 2.77. The SMILES string of the molecule is C[C@H]1[C@H](C)CC[C@@]23CC[C@]4(C)[C@@](C=C[C@@H]5[C@@]6(C)CC[C@@H](O)C(C)(C)[C@@H]6CC[C@]54C)(OC2)[C@H]13. The van der Waals surface area contributed by atoms with Crippen LogP contribution in [-0.4, -0.2) is 23.4 Å². The normalized spacial score (nSPS) is 62.5. The first-order valence-corrected chi connectivity index (χ1v) is 13.9. The summed E-state index contributed by atoms with van der Waals surface area (Å²) in [5.74, 6) is 3.42. The van der Waals surface area contributed by atoms with Crippen LogP contribution in [0.15, 0.2) is 12.2 Å². The van der Waals surface area contributed by atoms with Gasteiger partial charge in [-0.2, -0.15) is 0 Å². The number of ether oxygens (including phenoxy) is 1. The highest BCUT2D eigenvalue weighted by Crippen LogP contribution is 2.79. The van der Waals surface area contributed by atoms with E-state index in [-0.39, 0.29) is 33.4 Å². The van der Waals surface area contributed by atoms with Crippen molar-refractivity contribution in [3.05, 3.63) is 12.2 Å². The van der Waals surface area contributed by atoms with Crippen molar-refractivity contribution in [2.24, 2.45) is 56.7 Å². The van der Waals surface area contributed by atoms with Gasteiger partial charge in [0.2, 0.25) is 0 Å². The first-order chi connectivity index (χ1) is 14.9. The van der Waals surface area contributed by atoms with Gasteiger partial charge in [0.25, 0.3) is 0 Å². The molecule has 0 amide bonds. The van der Waals surface area contributed by atoms with Crippen LogP contribution in [0.4, 0.5) is 0 Å². The molecule has 1 saturated heterocycles. The van der Waals surface area contributed by atoms with Crippen molar-refractivity contribution in [2.45, 2.75) is 112 Å². The molecular formula is C30H48O2. The maximum absolute atomic E-state index is 10.9. The number of hydrogen-bond donors (Lipinski definition) is 1. The van der Waals surface area contributed by atoms with Gasteiger partial charge < -0.3 is 9.84 Å². The maximum Gasteiger partial charge on any atom is 0.0958 e. The first-order valence-electron chi connectivity index (χ1n) is 13.9. The topological polar surface area (TPSA) is 29.5 Å². The molecule has 1 N–H and O–H groups in total.